The van der Waals surface area contributed by atoms with Gasteiger partial charge in [-0.15, -0.1) is 0 Å². The molecule has 1 aromatic heterocycles. The molecule has 4 nitrogen and oxygen atoms in total. The molecule has 3 rings (SSSR count). The summed E-state index contributed by atoms with van der Waals surface area (Å²) < 4.78 is 1.49. The zero-order valence-corrected chi connectivity index (χ0v) is 13.8. The molecule has 118 valence electrons. The first-order valence-electron chi connectivity index (χ1n) is 7.40. The second-order valence-corrected chi connectivity index (χ2v) is 5.74. The van der Waals surface area contributed by atoms with Gasteiger partial charge in [0.05, 0.1) is 17.2 Å². The molecule has 0 unspecified atom stereocenters. The Balaban J connectivity index is 2.10. The Morgan fingerprint density at radius 1 is 1.12 bits per heavy atom. The first kappa shape index (κ1) is 16.0. The van der Waals surface area contributed by atoms with E-state index in [1.165, 1.54) is 4.57 Å². The van der Waals surface area contributed by atoms with Crippen molar-refractivity contribution in [2.24, 2.45) is 7.05 Å². The zero-order chi connectivity index (χ0) is 17.1. The van der Waals surface area contributed by atoms with Gasteiger partial charge >= 0.3 is 0 Å². The maximum absolute atomic E-state index is 12.7. The van der Waals surface area contributed by atoms with E-state index in [4.69, 9.17) is 11.6 Å². The number of hydrogen-bond donors (Lipinski definition) is 0. The average Bonchev–Trinajstić information content (AvgIpc) is 2.62. The van der Waals surface area contributed by atoms with Crippen LogP contribution in [0.2, 0.25) is 5.15 Å². The number of halogens is 1. The first-order chi connectivity index (χ1) is 11.6. The molecule has 0 bridgehead atoms. The third-order valence-electron chi connectivity index (χ3n) is 3.87. The second-order valence-electron chi connectivity index (χ2n) is 5.38. The standard InChI is InChI=1S/C19H14ClN3O/c1-23-18(13-7-3-2-4-8-13)22-17(20)16(19(23)24)11-14-9-5-6-10-15(14)12-21/h2-10H,11H2,1H3. The van der Waals surface area contributed by atoms with Gasteiger partial charge in [-0.3, -0.25) is 9.36 Å². The summed E-state index contributed by atoms with van der Waals surface area (Å²) in [6.45, 7) is 0. The third-order valence-corrected chi connectivity index (χ3v) is 4.18. The molecule has 5 heteroatoms. The summed E-state index contributed by atoms with van der Waals surface area (Å²) in [4.78, 5) is 17.1. The van der Waals surface area contributed by atoms with E-state index in [0.717, 1.165) is 11.1 Å². The minimum absolute atomic E-state index is 0.171. The van der Waals surface area contributed by atoms with Crippen LogP contribution in [0.15, 0.2) is 59.4 Å². The molecule has 0 spiro atoms. The normalized spacial score (nSPS) is 10.4. The van der Waals surface area contributed by atoms with Crippen LogP contribution in [0, 0.1) is 11.3 Å². The van der Waals surface area contributed by atoms with Gasteiger partial charge in [0.15, 0.2) is 0 Å². The smallest absolute Gasteiger partial charge is 0.258 e. The minimum Gasteiger partial charge on any atom is -0.295 e. The number of aromatic nitrogens is 2. The quantitative estimate of drug-likeness (QED) is 0.687. The third kappa shape index (κ3) is 2.94. The SMILES string of the molecule is Cn1c(-c2ccccc2)nc(Cl)c(Cc2ccccc2C#N)c1=O. The van der Waals surface area contributed by atoms with Crippen LogP contribution in [0.3, 0.4) is 0 Å². The van der Waals surface area contributed by atoms with Gasteiger partial charge in [-0.05, 0) is 11.6 Å². The summed E-state index contributed by atoms with van der Waals surface area (Å²) in [5.74, 6) is 0.517. The minimum atomic E-state index is -0.207. The van der Waals surface area contributed by atoms with Crippen LogP contribution in [0.5, 0.6) is 0 Å². The van der Waals surface area contributed by atoms with Gasteiger partial charge in [-0.1, -0.05) is 60.1 Å². The van der Waals surface area contributed by atoms with E-state index in [9.17, 15) is 10.1 Å². The van der Waals surface area contributed by atoms with Crippen LogP contribution >= 0.6 is 11.6 Å². The van der Waals surface area contributed by atoms with Crippen LogP contribution in [-0.2, 0) is 13.5 Å². The molecule has 0 fully saturated rings. The molecule has 0 aliphatic heterocycles. The monoisotopic (exact) mass is 335 g/mol. The van der Waals surface area contributed by atoms with Crippen LogP contribution in [0.4, 0.5) is 0 Å². The Hall–Kier alpha value is -2.90. The largest absolute Gasteiger partial charge is 0.295 e. The second kappa shape index (κ2) is 6.69. The van der Waals surface area contributed by atoms with Crippen molar-refractivity contribution in [3.8, 4) is 17.5 Å². The van der Waals surface area contributed by atoms with E-state index in [2.05, 4.69) is 11.1 Å². The lowest BCUT2D eigenvalue weighted by Crippen LogP contribution is -2.25. The maximum atomic E-state index is 12.7. The Bertz CT molecular complexity index is 988. The molecule has 0 radical (unpaired) electrons. The van der Waals surface area contributed by atoms with Crippen LogP contribution in [-0.4, -0.2) is 9.55 Å². The highest BCUT2D eigenvalue weighted by atomic mass is 35.5. The van der Waals surface area contributed by atoms with Crippen molar-refractivity contribution in [2.45, 2.75) is 6.42 Å². The average molecular weight is 336 g/mol. The van der Waals surface area contributed by atoms with Gasteiger partial charge in [0.2, 0.25) is 0 Å². The molecule has 0 aliphatic carbocycles. The Kier molecular flexibility index (Phi) is 4.45. The molecule has 0 saturated carbocycles. The Labute approximate surface area is 144 Å². The molecular formula is C19H14ClN3O. The molecular weight excluding hydrogens is 322 g/mol. The van der Waals surface area contributed by atoms with Crippen LogP contribution < -0.4 is 5.56 Å². The lowest BCUT2D eigenvalue weighted by Gasteiger charge is -2.12. The molecule has 0 amide bonds. The van der Waals surface area contributed by atoms with Crippen molar-refractivity contribution in [1.29, 1.82) is 5.26 Å². The molecule has 0 aliphatic rings. The molecule has 0 atom stereocenters. The number of nitrogens with zero attached hydrogens (tertiary/aromatic N) is 3. The van der Waals surface area contributed by atoms with Crippen molar-refractivity contribution in [2.75, 3.05) is 0 Å². The highest BCUT2D eigenvalue weighted by Gasteiger charge is 2.16. The predicted octanol–water partition coefficient (Wildman–Crippen LogP) is 3.56. The lowest BCUT2D eigenvalue weighted by molar-refractivity contribution is 0.815. The fourth-order valence-corrected chi connectivity index (χ4v) is 2.82. The Morgan fingerprint density at radius 2 is 1.79 bits per heavy atom. The van der Waals surface area contributed by atoms with Gasteiger partial charge in [0.1, 0.15) is 11.0 Å². The molecule has 0 N–H and O–H groups in total. The summed E-state index contributed by atoms with van der Waals surface area (Å²) in [6, 6.07) is 18.7. The number of hydrogen-bond acceptors (Lipinski definition) is 3. The highest BCUT2D eigenvalue weighted by Crippen LogP contribution is 2.21. The van der Waals surface area contributed by atoms with Crippen molar-refractivity contribution >= 4 is 11.6 Å². The first-order valence-corrected chi connectivity index (χ1v) is 7.78. The molecule has 24 heavy (non-hydrogen) atoms. The summed E-state index contributed by atoms with van der Waals surface area (Å²) in [6.07, 6.45) is 0.275. The Morgan fingerprint density at radius 3 is 2.50 bits per heavy atom. The van der Waals surface area contributed by atoms with Gasteiger partial charge in [-0.25, -0.2) is 4.98 Å². The van der Waals surface area contributed by atoms with E-state index in [0.29, 0.717) is 17.0 Å². The summed E-state index contributed by atoms with van der Waals surface area (Å²) in [5, 5.41) is 9.37. The summed E-state index contributed by atoms with van der Waals surface area (Å²) >= 11 is 6.29. The highest BCUT2D eigenvalue weighted by molar-refractivity contribution is 6.30. The molecule has 3 aromatic rings. The van der Waals surface area contributed by atoms with E-state index >= 15 is 0 Å². The lowest BCUT2D eigenvalue weighted by atomic mass is 10.0. The topological polar surface area (TPSA) is 58.7 Å². The number of nitriles is 1. The van der Waals surface area contributed by atoms with Crippen molar-refractivity contribution < 1.29 is 0 Å². The van der Waals surface area contributed by atoms with Crippen LogP contribution in [0.1, 0.15) is 16.7 Å². The van der Waals surface area contributed by atoms with E-state index in [1.807, 2.05) is 42.5 Å². The van der Waals surface area contributed by atoms with E-state index < -0.39 is 0 Å². The predicted molar refractivity (Wildman–Crippen MR) is 93.9 cm³/mol. The van der Waals surface area contributed by atoms with Gasteiger partial charge in [0, 0.05) is 19.0 Å². The van der Waals surface area contributed by atoms with Crippen molar-refractivity contribution in [3.05, 3.63) is 86.8 Å². The molecule has 0 saturated heterocycles. The number of benzene rings is 2. The van der Waals surface area contributed by atoms with E-state index in [1.54, 1.807) is 19.2 Å². The van der Waals surface area contributed by atoms with Gasteiger partial charge in [-0.2, -0.15) is 5.26 Å². The fraction of sp³-hybridized carbons (Fsp3) is 0.105. The van der Waals surface area contributed by atoms with Gasteiger partial charge < -0.3 is 0 Å². The van der Waals surface area contributed by atoms with Crippen molar-refractivity contribution in [1.82, 2.24) is 9.55 Å². The van der Waals surface area contributed by atoms with Crippen LogP contribution in [0.25, 0.3) is 11.4 Å². The maximum Gasteiger partial charge on any atom is 0.258 e. The summed E-state index contributed by atoms with van der Waals surface area (Å²) in [5.41, 5.74) is 2.29. The van der Waals surface area contributed by atoms with E-state index in [-0.39, 0.29) is 17.1 Å². The fourth-order valence-electron chi connectivity index (χ4n) is 2.59. The molecule has 2 aromatic carbocycles. The van der Waals surface area contributed by atoms with Crippen molar-refractivity contribution in [3.63, 3.8) is 0 Å². The molecule has 1 heterocycles. The summed E-state index contributed by atoms with van der Waals surface area (Å²) in [7, 11) is 1.67. The number of rotatable bonds is 3. The van der Waals surface area contributed by atoms with Gasteiger partial charge in [0.25, 0.3) is 5.56 Å². The zero-order valence-electron chi connectivity index (χ0n) is 13.0.